The van der Waals surface area contributed by atoms with Crippen LogP contribution in [-0.2, 0) is 10.4 Å². The Morgan fingerprint density at radius 1 is 1.09 bits per heavy atom. The van der Waals surface area contributed by atoms with Crippen molar-refractivity contribution in [3.8, 4) is 16.9 Å². The van der Waals surface area contributed by atoms with E-state index in [1.165, 1.54) is 24.5 Å². The molecule has 0 unspecified atom stereocenters. The molecule has 0 saturated heterocycles. The van der Waals surface area contributed by atoms with Gasteiger partial charge in [0.15, 0.2) is 0 Å². The van der Waals surface area contributed by atoms with Crippen molar-refractivity contribution in [1.82, 2.24) is 0 Å². The first-order valence-corrected chi connectivity index (χ1v) is 7.79. The highest BCUT2D eigenvalue weighted by molar-refractivity contribution is 7.81. The molecule has 23 heavy (non-hydrogen) atoms. The Kier molecular flexibility index (Phi) is 3.55. The van der Waals surface area contributed by atoms with E-state index in [1.807, 2.05) is 0 Å². The quantitative estimate of drug-likeness (QED) is 0.557. The molecule has 3 rings (SSSR count). The van der Waals surface area contributed by atoms with Gasteiger partial charge < -0.3 is 14.3 Å². The summed E-state index contributed by atoms with van der Waals surface area (Å²) in [4.78, 5) is 12.5. The molecule has 7 nitrogen and oxygen atoms in total. The molecule has 0 aliphatic rings. The van der Waals surface area contributed by atoms with Crippen LogP contribution >= 0.6 is 0 Å². The third kappa shape index (κ3) is 3.03. The molecule has 0 atom stereocenters. The van der Waals surface area contributed by atoms with Crippen LogP contribution in [0.3, 0.4) is 0 Å². The molecule has 118 valence electrons. The molecule has 0 saturated carbocycles. The Balaban J connectivity index is 2.12. The van der Waals surface area contributed by atoms with Crippen molar-refractivity contribution in [2.45, 2.75) is 0 Å². The molecular formula is C15H11NO6S. The highest BCUT2D eigenvalue weighted by Crippen LogP contribution is 2.29. The van der Waals surface area contributed by atoms with Gasteiger partial charge in [-0.1, -0.05) is 12.1 Å². The van der Waals surface area contributed by atoms with Crippen molar-refractivity contribution in [2.75, 3.05) is 5.73 Å². The molecule has 1 heterocycles. The number of anilines is 1. The van der Waals surface area contributed by atoms with Crippen LogP contribution in [0.15, 0.2) is 57.9 Å². The first kappa shape index (κ1) is 15.1. The van der Waals surface area contributed by atoms with Crippen molar-refractivity contribution in [2.24, 2.45) is 0 Å². The zero-order valence-corrected chi connectivity index (χ0v) is 12.4. The van der Waals surface area contributed by atoms with Crippen molar-refractivity contribution in [3.63, 3.8) is 0 Å². The normalized spacial score (nSPS) is 11.5. The number of para-hydroxylation sites is 1. The maximum atomic E-state index is 12.5. The van der Waals surface area contributed by atoms with Gasteiger partial charge in [-0.05, 0) is 24.3 Å². The lowest BCUT2D eigenvalue weighted by molar-refractivity contribution is 0.387. The molecule has 3 N–H and O–H groups in total. The Labute approximate surface area is 130 Å². The fourth-order valence-corrected chi connectivity index (χ4v) is 2.57. The van der Waals surface area contributed by atoms with Crippen LogP contribution in [0.2, 0.25) is 0 Å². The minimum Gasteiger partial charge on any atom is -0.463 e. The monoisotopic (exact) mass is 333 g/mol. The van der Waals surface area contributed by atoms with E-state index < -0.39 is 10.4 Å². The second kappa shape index (κ2) is 5.41. The smallest absolute Gasteiger partial charge is 0.446 e. The van der Waals surface area contributed by atoms with Gasteiger partial charge >= 0.3 is 10.4 Å². The van der Waals surface area contributed by atoms with E-state index in [1.54, 1.807) is 24.3 Å². The van der Waals surface area contributed by atoms with Gasteiger partial charge in [0.2, 0.25) is 5.43 Å². The van der Waals surface area contributed by atoms with Crippen LogP contribution in [0.4, 0.5) is 5.69 Å². The summed E-state index contributed by atoms with van der Waals surface area (Å²) in [5.74, 6) is -0.168. The molecule has 0 fully saturated rings. The Bertz CT molecular complexity index is 1050. The van der Waals surface area contributed by atoms with E-state index in [0.717, 1.165) is 0 Å². The van der Waals surface area contributed by atoms with Crippen LogP contribution in [0.1, 0.15) is 0 Å². The summed E-state index contributed by atoms with van der Waals surface area (Å²) in [6.45, 7) is 0. The number of benzene rings is 2. The van der Waals surface area contributed by atoms with Crippen molar-refractivity contribution in [1.29, 1.82) is 0 Å². The lowest BCUT2D eigenvalue weighted by Crippen LogP contribution is -2.08. The van der Waals surface area contributed by atoms with Gasteiger partial charge in [-0.25, -0.2) is 0 Å². The topological polar surface area (TPSA) is 120 Å². The van der Waals surface area contributed by atoms with Crippen LogP contribution in [0, 0.1) is 0 Å². The average molecular weight is 333 g/mol. The standard InChI is InChI=1S/C15H11NO6S/c16-13-7-9(22-23(18,19)20)5-6-10(13)12-8-21-14-4-2-1-3-11(14)15(12)17/h1-8H,16H2,(H,18,19,20). The highest BCUT2D eigenvalue weighted by atomic mass is 32.3. The van der Waals surface area contributed by atoms with E-state index >= 15 is 0 Å². The van der Waals surface area contributed by atoms with Crippen molar-refractivity contribution < 1.29 is 21.6 Å². The summed E-state index contributed by atoms with van der Waals surface area (Å²) in [7, 11) is -4.64. The molecule has 0 spiro atoms. The Hall–Kier alpha value is -2.84. The fraction of sp³-hybridized carbons (Fsp3) is 0. The number of hydrogen-bond donors (Lipinski definition) is 2. The van der Waals surface area contributed by atoms with Gasteiger partial charge in [-0.3, -0.25) is 9.35 Å². The lowest BCUT2D eigenvalue weighted by Gasteiger charge is -2.08. The largest absolute Gasteiger partial charge is 0.463 e. The van der Waals surface area contributed by atoms with Gasteiger partial charge in [-0.2, -0.15) is 8.42 Å². The van der Waals surface area contributed by atoms with Crippen molar-refractivity contribution >= 4 is 27.1 Å². The van der Waals surface area contributed by atoms with Gasteiger partial charge in [0.25, 0.3) is 0 Å². The molecule has 0 amide bonds. The predicted octanol–water partition coefficient (Wildman–Crippen LogP) is 2.22. The highest BCUT2D eigenvalue weighted by Gasteiger charge is 2.14. The molecule has 3 aromatic rings. The Morgan fingerprint density at radius 2 is 1.83 bits per heavy atom. The minimum absolute atomic E-state index is 0.105. The lowest BCUT2D eigenvalue weighted by atomic mass is 10.0. The SMILES string of the molecule is Nc1cc(OS(=O)(=O)O)ccc1-c1coc2ccccc2c1=O. The Morgan fingerprint density at radius 3 is 2.52 bits per heavy atom. The van der Waals surface area contributed by atoms with E-state index in [0.29, 0.717) is 16.5 Å². The van der Waals surface area contributed by atoms with E-state index in [4.69, 9.17) is 14.7 Å². The summed E-state index contributed by atoms with van der Waals surface area (Å²) in [6.07, 6.45) is 1.29. The third-order valence-corrected chi connectivity index (χ3v) is 3.60. The van der Waals surface area contributed by atoms with Crippen LogP contribution < -0.4 is 15.3 Å². The predicted molar refractivity (Wildman–Crippen MR) is 84.5 cm³/mol. The first-order valence-electron chi connectivity index (χ1n) is 6.42. The second-order valence-corrected chi connectivity index (χ2v) is 5.76. The third-order valence-electron chi connectivity index (χ3n) is 3.19. The fourth-order valence-electron chi connectivity index (χ4n) is 2.22. The number of rotatable bonds is 3. The molecule has 0 bridgehead atoms. The molecule has 0 aliphatic carbocycles. The van der Waals surface area contributed by atoms with E-state index in [2.05, 4.69) is 4.18 Å². The van der Waals surface area contributed by atoms with E-state index in [-0.39, 0.29) is 22.4 Å². The second-order valence-electron chi connectivity index (χ2n) is 4.73. The number of nitrogen functional groups attached to an aromatic ring is 1. The molecule has 0 aliphatic heterocycles. The van der Waals surface area contributed by atoms with Crippen LogP contribution in [-0.4, -0.2) is 13.0 Å². The molecule has 0 radical (unpaired) electrons. The zero-order chi connectivity index (χ0) is 16.6. The van der Waals surface area contributed by atoms with Gasteiger partial charge in [0.05, 0.1) is 10.9 Å². The molecule has 1 aromatic heterocycles. The van der Waals surface area contributed by atoms with Crippen LogP contribution in [0.25, 0.3) is 22.1 Å². The molecule has 2 aromatic carbocycles. The molecule has 8 heteroatoms. The summed E-state index contributed by atoms with van der Waals surface area (Å²) in [5, 5.41) is 0.405. The van der Waals surface area contributed by atoms with Gasteiger partial charge in [0.1, 0.15) is 17.6 Å². The average Bonchev–Trinajstić information content (AvgIpc) is 2.47. The van der Waals surface area contributed by atoms with Crippen molar-refractivity contribution in [3.05, 3.63) is 59.0 Å². The number of hydrogen-bond acceptors (Lipinski definition) is 6. The molecular weight excluding hydrogens is 322 g/mol. The van der Waals surface area contributed by atoms with Crippen LogP contribution in [0.5, 0.6) is 5.75 Å². The summed E-state index contributed by atoms with van der Waals surface area (Å²) in [6, 6.07) is 10.7. The van der Waals surface area contributed by atoms with E-state index in [9.17, 15) is 13.2 Å². The summed E-state index contributed by atoms with van der Waals surface area (Å²) < 4.78 is 39.8. The van der Waals surface area contributed by atoms with Gasteiger partial charge in [0, 0.05) is 17.3 Å². The summed E-state index contributed by atoms with van der Waals surface area (Å²) >= 11 is 0. The zero-order valence-electron chi connectivity index (χ0n) is 11.6. The number of nitrogens with two attached hydrogens (primary N) is 1. The number of fused-ring (bicyclic) bond motifs is 1. The first-order chi connectivity index (χ1) is 10.8. The minimum atomic E-state index is -4.64. The maximum absolute atomic E-state index is 12.5. The maximum Gasteiger partial charge on any atom is 0.446 e. The van der Waals surface area contributed by atoms with Gasteiger partial charge in [-0.15, -0.1) is 0 Å². The summed E-state index contributed by atoms with van der Waals surface area (Å²) in [5.41, 5.74) is 6.75.